The Morgan fingerprint density at radius 3 is 2.70 bits per heavy atom. The molecule has 0 spiro atoms. The number of carbonyl (C=O) groups excluding carboxylic acids is 1. The third kappa shape index (κ3) is 3.36. The van der Waals surface area contributed by atoms with Gasteiger partial charge in [0.1, 0.15) is 23.2 Å². The summed E-state index contributed by atoms with van der Waals surface area (Å²) in [6, 6.07) is 12.8. The number of aryl methyl sites for hydroxylation is 2. The van der Waals surface area contributed by atoms with Crippen LogP contribution >= 0.6 is 0 Å². The zero-order valence-electron chi connectivity index (χ0n) is 11.3. The molecule has 0 saturated heterocycles. The highest BCUT2D eigenvalue weighted by Crippen LogP contribution is 2.14. The van der Waals surface area contributed by atoms with Crippen LogP contribution in [0.4, 0.5) is 5.69 Å². The van der Waals surface area contributed by atoms with Crippen molar-refractivity contribution in [1.82, 2.24) is 0 Å². The largest absolute Gasteiger partial charge is 0.462 e. The molecule has 0 bridgehead atoms. The minimum Gasteiger partial charge on any atom is -0.462 e. The van der Waals surface area contributed by atoms with Crippen LogP contribution in [0, 0.1) is 25.2 Å². The van der Waals surface area contributed by atoms with Gasteiger partial charge in [0.25, 0.3) is 5.91 Å². The molecule has 4 heteroatoms. The van der Waals surface area contributed by atoms with E-state index in [0.29, 0.717) is 11.4 Å². The summed E-state index contributed by atoms with van der Waals surface area (Å²) in [7, 11) is 0. The summed E-state index contributed by atoms with van der Waals surface area (Å²) >= 11 is 0. The van der Waals surface area contributed by atoms with Crippen LogP contribution in [0.1, 0.15) is 17.1 Å². The third-order valence-electron chi connectivity index (χ3n) is 2.69. The summed E-state index contributed by atoms with van der Waals surface area (Å²) in [5.41, 5.74) is 1.69. The van der Waals surface area contributed by atoms with Gasteiger partial charge < -0.3 is 9.73 Å². The van der Waals surface area contributed by atoms with Crippen molar-refractivity contribution in [2.45, 2.75) is 13.8 Å². The van der Waals surface area contributed by atoms with Gasteiger partial charge in [0.05, 0.1) is 0 Å². The maximum absolute atomic E-state index is 12.0. The van der Waals surface area contributed by atoms with Crippen molar-refractivity contribution in [3.8, 4) is 6.07 Å². The van der Waals surface area contributed by atoms with Gasteiger partial charge in [-0.15, -0.1) is 0 Å². The summed E-state index contributed by atoms with van der Waals surface area (Å²) in [6.07, 6.45) is 1.43. The molecule has 0 aliphatic rings. The zero-order chi connectivity index (χ0) is 14.5. The van der Waals surface area contributed by atoms with E-state index in [1.165, 1.54) is 6.08 Å². The molecule has 1 aromatic heterocycles. The Morgan fingerprint density at radius 1 is 1.30 bits per heavy atom. The molecule has 4 nitrogen and oxygen atoms in total. The second kappa shape index (κ2) is 5.89. The molecule has 0 saturated carbocycles. The lowest BCUT2D eigenvalue weighted by molar-refractivity contribution is -0.112. The number of nitrogens with zero attached hydrogens (tertiary/aromatic N) is 1. The minimum absolute atomic E-state index is 0.000793. The predicted octanol–water partition coefficient (Wildman–Crippen LogP) is 3.44. The maximum Gasteiger partial charge on any atom is 0.266 e. The lowest BCUT2D eigenvalue weighted by Crippen LogP contribution is -2.13. The molecule has 100 valence electrons. The van der Waals surface area contributed by atoms with Gasteiger partial charge >= 0.3 is 0 Å². The normalized spacial score (nSPS) is 10.9. The number of nitrogens with one attached hydrogen (secondary N) is 1. The molecule has 0 unspecified atom stereocenters. The summed E-state index contributed by atoms with van der Waals surface area (Å²) in [4.78, 5) is 12.0. The van der Waals surface area contributed by atoms with Crippen LogP contribution in [0.3, 0.4) is 0 Å². The lowest BCUT2D eigenvalue weighted by Gasteiger charge is -2.04. The zero-order valence-corrected chi connectivity index (χ0v) is 11.3. The first-order valence-corrected chi connectivity index (χ1v) is 6.15. The van der Waals surface area contributed by atoms with E-state index in [4.69, 9.17) is 9.68 Å². The van der Waals surface area contributed by atoms with E-state index in [2.05, 4.69) is 5.32 Å². The summed E-state index contributed by atoms with van der Waals surface area (Å²) in [6.45, 7) is 3.73. The van der Waals surface area contributed by atoms with Gasteiger partial charge in [0.15, 0.2) is 0 Å². The monoisotopic (exact) mass is 266 g/mol. The van der Waals surface area contributed by atoms with Gasteiger partial charge in [0, 0.05) is 11.8 Å². The summed E-state index contributed by atoms with van der Waals surface area (Å²) in [5, 5.41) is 11.8. The lowest BCUT2D eigenvalue weighted by atomic mass is 10.2. The van der Waals surface area contributed by atoms with E-state index in [0.717, 1.165) is 11.3 Å². The van der Waals surface area contributed by atoms with Crippen LogP contribution < -0.4 is 5.32 Å². The fraction of sp³-hybridized carbons (Fsp3) is 0.125. The van der Waals surface area contributed by atoms with Crippen molar-refractivity contribution >= 4 is 17.7 Å². The van der Waals surface area contributed by atoms with Gasteiger partial charge in [-0.2, -0.15) is 5.26 Å². The Morgan fingerprint density at radius 2 is 2.10 bits per heavy atom. The molecule has 0 atom stereocenters. The average Bonchev–Trinajstić information content (AvgIpc) is 2.81. The number of amides is 1. The van der Waals surface area contributed by atoms with Crippen molar-refractivity contribution in [3.05, 3.63) is 59.1 Å². The average molecular weight is 266 g/mol. The van der Waals surface area contributed by atoms with Crippen LogP contribution in [-0.4, -0.2) is 5.91 Å². The van der Waals surface area contributed by atoms with E-state index in [1.54, 1.807) is 25.1 Å². The van der Waals surface area contributed by atoms with Crippen LogP contribution in [-0.2, 0) is 4.79 Å². The van der Waals surface area contributed by atoms with E-state index >= 15 is 0 Å². The van der Waals surface area contributed by atoms with E-state index < -0.39 is 5.91 Å². The number of benzene rings is 1. The molecule has 0 aliphatic carbocycles. The van der Waals surface area contributed by atoms with Crippen LogP contribution in [0.5, 0.6) is 0 Å². The summed E-state index contributed by atoms with van der Waals surface area (Å²) in [5.74, 6) is 0.762. The number of furan rings is 1. The van der Waals surface area contributed by atoms with Crippen molar-refractivity contribution < 1.29 is 9.21 Å². The topological polar surface area (TPSA) is 66.0 Å². The predicted molar refractivity (Wildman–Crippen MR) is 76.8 cm³/mol. The summed E-state index contributed by atoms with van der Waals surface area (Å²) < 4.78 is 5.33. The van der Waals surface area contributed by atoms with Crippen molar-refractivity contribution in [3.63, 3.8) is 0 Å². The second-order valence-corrected chi connectivity index (χ2v) is 4.44. The van der Waals surface area contributed by atoms with Gasteiger partial charge in [-0.25, -0.2) is 0 Å². The quantitative estimate of drug-likeness (QED) is 0.683. The Balaban J connectivity index is 2.18. The number of hydrogen-bond acceptors (Lipinski definition) is 3. The molecule has 0 aliphatic heterocycles. The molecule has 2 aromatic rings. The van der Waals surface area contributed by atoms with Gasteiger partial charge in [-0.3, -0.25) is 4.79 Å². The Labute approximate surface area is 117 Å². The number of nitriles is 1. The number of carbonyl (C=O) groups is 1. The Kier molecular flexibility index (Phi) is 4.02. The first-order valence-electron chi connectivity index (χ1n) is 6.15. The Bertz CT molecular complexity index is 705. The van der Waals surface area contributed by atoms with Crippen LogP contribution in [0.2, 0.25) is 0 Å². The number of anilines is 1. The maximum atomic E-state index is 12.0. The molecule has 1 heterocycles. The molecule has 2 rings (SSSR count). The van der Waals surface area contributed by atoms with Crippen molar-refractivity contribution in [2.75, 3.05) is 5.32 Å². The standard InChI is InChI=1S/C16H14N2O2/c1-11-4-3-5-14(8-11)18-16(19)13(10-17)9-15-7-6-12(2)20-15/h3-9H,1-2H3,(H,18,19)/b13-9+. The fourth-order valence-corrected chi connectivity index (χ4v) is 1.74. The van der Waals surface area contributed by atoms with Crippen molar-refractivity contribution in [1.29, 1.82) is 5.26 Å². The fourth-order valence-electron chi connectivity index (χ4n) is 1.74. The molecular formula is C16H14N2O2. The van der Waals surface area contributed by atoms with E-state index in [9.17, 15) is 4.79 Å². The van der Waals surface area contributed by atoms with E-state index in [-0.39, 0.29) is 5.57 Å². The first-order chi connectivity index (χ1) is 9.58. The van der Waals surface area contributed by atoms with Crippen LogP contribution in [0.25, 0.3) is 6.08 Å². The molecule has 0 radical (unpaired) electrons. The molecule has 1 aromatic carbocycles. The highest BCUT2D eigenvalue weighted by atomic mass is 16.3. The van der Waals surface area contributed by atoms with Gasteiger partial charge in [-0.05, 0) is 43.7 Å². The van der Waals surface area contributed by atoms with E-state index in [1.807, 2.05) is 31.2 Å². The Hall–Kier alpha value is -2.80. The minimum atomic E-state index is -0.452. The molecular weight excluding hydrogens is 252 g/mol. The highest BCUT2D eigenvalue weighted by Gasteiger charge is 2.10. The van der Waals surface area contributed by atoms with Crippen LogP contribution in [0.15, 0.2) is 46.4 Å². The molecule has 0 fully saturated rings. The van der Waals surface area contributed by atoms with Gasteiger partial charge in [-0.1, -0.05) is 12.1 Å². The number of rotatable bonds is 3. The number of hydrogen-bond donors (Lipinski definition) is 1. The van der Waals surface area contributed by atoms with Crippen molar-refractivity contribution in [2.24, 2.45) is 0 Å². The molecule has 1 amide bonds. The van der Waals surface area contributed by atoms with Gasteiger partial charge in [0.2, 0.25) is 0 Å². The molecule has 20 heavy (non-hydrogen) atoms. The smallest absolute Gasteiger partial charge is 0.266 e. The first kappa shape index (κ1) is 13.6. The SMILES string of the molecule is Cc1cccc(NC(=O)/C(C#N)=C/c2ccc(C)o2)c1. The second-order valence-electron chi connectivity index (χ2n) is 4.44. The highest BCUT2D eigenvalue weighted by molar-refractivity contribution is 6.09. The third-order valence-corrected chi connectivity index (χ3v) is 2.69. The molecule has 1 N–H and O–H groups in total.